The minimum Gasteiger partial charge on any atom is -0.468 e. The second-order valence-corrected chi connectivity index (χ2v) is 4.36. The van der Waals surface area contributed by atoms with Crippen molar-refractivity contribution in [1.82, 2.24) is 5.32 Å². The van der Waals surface area contributed by atoms with E-state index in [2.05, 4.69) is 26.1 Å². The van der Waals surface area contributed by atoms with Gasteiger partial charge in [0.2, 0.25) is 0 Å². The quantitative estimate of drug-likeness (QED) is 0.642. The monoisotopic (exact) mass is 231 g/mol. The van der Waals surface area contributed by atoms with Crippen molar-refractivity contribution in [2.75, 3.05) is 27.4 Å². The smallest absolute Gasteiger partial charge is 0.323 e. The molecule has 1 N–H and O–H groups in total. The van der Waals surface area contributed by atoms with Crippen LogP contribution in [0.5, 0.6) is 0 Å². The van der Waals surface area contributed by atoms with Crippen molar-refractivity contribution in [2.24, 2.45) is 11.8 Å². The third kappa shape index (κ3) is 5.47. The van der Waals surface area contributed by atoms with Crippen molar-refractivity contribution in [2.45, 2.75) is 33.2 Å². The van der Waals surface area contributed by atoms with Crippen LogP contribution in [0.3, 0.4) is 0 Å². The first kappa shape index (κ1) is 15.4. The fraction of sp³-hybridized carbons (Fsp3) is 0.917. The lowest BCUT2D eigenvalue weighted by Crippen LogP contribution is -2.44. The van der Waals surface area contributed by atoms with E-state index in [9.17, 15) is 4.79 Å². The summed E-state index contributed by atoms with van der Waals surface area (Å²) in [6.45, 7) is 7.66. The summed E-state index contributed by atoms with van der Waals surface area (Å²) in [5, 5.41) is 3.25. The Kier molecular flexibility index (Phi) is 8.21. The molecule has 0 saturated heterocycles. The van der Waals surface area contributed by atoms with Crippen LogP contribution in [0, 0.1) is 11.8 Å². The molecule has 0 saturated carbocycles. The van der Waals surface area contributed by atoms with Crippen LogP contribution < -0.4 is 5.32 Å². The maximum Gasteiger partial charge on any atom is 0.323 e. The SMILES string of the molecule is CCC(C)C(NCC(C)COC)C(=O)OC. The fourth-order valence-electron chi connectivity index (χ4n) is 1.55. The Bertz CT molecular complexity index is 197. The molecule has 0 bridgehead atoms. The molecule has 0 aliphatic carbocycles. The molecule has 4 nitrogen and oxygen atoms in total. The van der Waals surface area contributed by atoms with Gasteiger partial charge in [0.25, 0.3) is 0 Å². The number of carbonyl (C=O) groups excluding carboxylic acids is 1. The lowest BCUT2D eigenvalue weighted by atomic mass is 9.98. The molecule has 0 aliphatic heterocycles. The van der Waals surface area contributed by atoms with Gasteiger partial charge in [0, 0.05) is 20.3 Å². The Morgan fingerprint density at radius 3 is 2.38 bits per heavy atom. The van der Waals surface area contributed by atoms with Gasteiger partial charge in [-0.1, -0.05) is 27.2 Å². The molecule has 0 heterocycles. The van der Waals surface area contributed by atoms with Crippen LogP contribution in [-0.4, -0.2) is 39.4 Å². The second-order valence-electron chi connectivity index (χ2n) is 4.36. The molecule has 0 rings (SSSR count). The van der Waals surface area contributed by atoms with Crippen molar-refractivity contribution in [3.63, 3.8) is 0 Å². The maximum atomic E-state index is 11.6. The number of rotatable bonds is 8. The van der Waals surface area contributed by atoms with Crippen molar-refractivity contribution in [1.29, 1.82) is 0 Å². The zero-order chi connectivity index (χ0) is 12.6. The van der Waals surface area contributed by atoms with E-state index in [4.69, 9.17) is 9.47 Å². The molecule has 0 fully saturated rings. The molecular weight excluding hydrogens is 206 g/mol. The summed E-state index contributed by atoms with van der Waals surface area (Å²) < 4.78 is 9.85. The topological polar surface area (TPSA) is 47.6 Å². The highest BCUT2D eigenvalue weighted by atomic mass is 16.5. The molecule has 0 aromatic rings. The van der Waals surface area contributed by atoms with Crippen LogP contribution in [0.4, 0.5) is 0 Å². The van der Waals surface area contributed by atoms with Crippen molar-refractivity contribution in [3.05, 3.63) is 0 Å². The van der Waals surface area contributed by atoms with Crippen LogP contribution in [-0.2, 0) is 14.3 Å². The van der Waals surface area contributed by atoms with E-state index in [0.717, 1.165) is 13.0 Å². The van der Waals surface area contributed by atoms with Gasteiger partial charge < -0.3 is 14.8 Å². The summed E-state index contributed by atoms with van der Waals surface area (Å²) in [4.78, 5) is 11.6. The largest absolute Gasteiger partial charge is 0.468 e. The van der Waals surface area contributed by atoms with Crippen LogP contribution in [0.15, 0.2) is 0 Å². The third-order valence-corrected chi connectivity index (χ3v) is 2.81. The van der Waals surface area contributed by atoms with Crippen molar-refractivity contribution < 1.29 is 14.3 Å². The molecule has 0 aromatic carbocycles. The van der Waals surface area contributed by atoms with Gasteiger partial charge in [-0.25, -0.2) is 0 Å². The van der Waals surface area contributed by atoms with Crippen LogP contribution in [0.2, 0.25) is 0 Å². The summed E-state index contributed by atoms with van der Waals surface area (Å²) in [6, 6.07) is -0.214. The Morgan fingerprint density at radius 1 is 1.31 bits per heavy atom. The van der Waals surface area contributed by atoms with Gasteiger partial charge in [0.05, 0.1) is 7.11 Å². The fourth-order valence-corrected chi connectivity index (χ4v) is 1.55. The minimum atomic E-state index is -0.214. The number of methoxy groups -OCH3 is 2. The van der Waals surface area contributed by atoms with Crippen LogP contribution in [0.1, 0.15) is 27.2 Å². The predicted molar refractivity (Wildman–Crippen MR) is 64.3 cm³/mol. The molecule has 0 aliphatic rings. The summed E-state index contributed by atoms with van der Waals surface area (Å²) in [5.74, 6) is 0.488. The van der Waals surface area contributed by atoms with Gasteiger partial charge in [-0.3, -0.25) is 4.79 Å². The van der Waals surface area contributed by atoms with E-state index in [0.29, 0.717) is 12.5 Å². The van der Waals surface area contributed by atoms with Gasteiger partial charge in [-0.2, -0.15) is 0 Å². The van der Waals surface area contributed by atoms with Gasteiger partial charge in [0.1, 0.15) is 6.04 Å². The molecule has 3 unspecified atom stereocenters. The van der Waals surface area contributed by atoms with Gasteiger partial charge in [-0.15, -0.1) is 0 Å². The standard InChI is InChI=1S/C12H25NO3/c1-6-10(3)11(12(14)16-5)13-7-9(2)8-15-4/h9-11,13H,6-8H2,1-5H3. The average molecular weight is 231 g/mol. The average Bonchev–Trinajstić information content (AvgIpc) is 2.28. The number of nitrogens with one attached hydrogen (secondary N) is 1. The third-order valence-electron chi connectivity index (χ3n) is 2.81. The van der Waals surface area contributed by atoms with E-state index >= 15 is 0 Å². The minimum absolute atomic E-state index is 0.182. The van der Waals surface area contributed by atoms with E-state index in [1.54, 1.807) is 7.11 Å². The van der Waals surface area contributed by atoms with Gasteiger partial charge in [0.15, 0.2) is 0 Å². The zero-order valence-electron chi connectivity index (χ0n) is 11.1. The maximum absolute atomic E-state index is 11.6. The lowest BCUT2D eigenvalue weighted by molar-refractivity contribution is -0.144. The van der Waals surface area contributed by atoms with Crippen molar-refractivity contribution >= 4 is 5.97 Å². The molecule has 0 radical (unpaired) electrons. The van der Waals surface area contributed by atoms with E-state index in [1.165, 1.54) is 7.11 Å². The number of hydrogen-bond donors (Lipinski definition) is 1. The summed E-state index contributed by atoms with van der Waals surface area (Å²) in [5.41, 5.74) is 0. The van der Waals surface area contributed by atoms with Crippen molar-refractivity contribution in [3.8, 4) is 0 Å². The summed E-state index contributed by atoms with van der Waals surface area (Å²) in [6.07, 6.45) is 0.950. The molecule has 4 heteroatoms. The highest BCUT2D eigenvalue weighted by Gasteiger charge is 2.24. The van der Waals surface area contributed by atoms with Gasteiger partial charge in [-0.05, 0) is 11.8 Å². The second kappa shape index (κ2) is 8.53. The molecule has 3 atom stereocenters. The number of esters is 1. The number of carbonyl (C=O) groups is 1. The summed E-state index contributed by atoms with van der Waals surface area (Å²) in [7, 11) is 3.11. The first-order chi connectivity index (χ1) is 7.56. The van der Waals surface area contributed by atoms with E-state index < -0.39 is 0 Å². The number of hydrogen-bond acceptors (Lipinski definition) is 4. The first-order valence-electron chi connectivity index (χ1n) is 5.86. The van der Waals surface area contributed by atoms with E-state index in [1.807, 2.05) is 0 Å². The highest BCUT2D eigenvalue weighted by Crippen LogP contribution is 2.09. The normalized spacial score (nSPS) is 16.6. The first-order valence-corrected chi connectivity index (χ1v) is 5.86. The Morgan fingerprint density at radius 2 is 1.94 bits per heavy atom. The lowest BCUT2D eigenvalue weighted by Gasteiger charge is -2.23. The Hall–Kier alpha value is -0.610. The van der Waals surface area contributed by atoms with Crippen LogP contribution >= 0.6 is 0 Å². The van der Waals surface area contributed by atoms with E-state index in [-0.39, 0.29) is 17.9 Å². The molecular formula is C12H25NO3. The Labute approximate surface area is 98.7 Å². The number of ether oxygens (including phenoxy) is 2. The zero-order valence-corrected chi connectivity index (χ0v) is 11.1. The molecule has 16 heavy (non-hydrogen) atoms. The predicted octanol–water partition coefficient (Wildman–Crippen LogP) is 1.45. The summed E-state index contributed by atoms with van der Waals surface area (Å²) >= 11 is 0. The highest BCUT2D eigenvalue weighted by molar-refractivity contribution is 5.75. The Balaban J connectivity index is 4.16. The van der Waals surface area contributed by atoms with Gasteiger partial charge >= 0.3 is 5.97 Å². The molecule has 0 amide bonds. The molecule has 0 aromatic heterocycles. The molecule has 96 valence electrons. The molecule has 0 spiro atoms. The van der Waals surface area contributed by atoms with Crippen LogP contribution in [0.25, 0.3) is 0 Å².